The van der Waals surface area contributed by atoms with Gasteiger partial charge >= 0.3 is 0 Å². The van der Waals surface area contributed by atoms with Gasteiger partial charge in [0.05, 0.1) is 6.10 Å². The molecule has 0 aromatic heterocycles. The third kappa shape index (κ3) is 7.51. The first kappa shape index (κ1) is 25.2. The van der Waals surface area contributed by atoms with E-state index < -0.39 is 6.10 Å². The Morgan fingerprint density at radius 3 is 2.52 bits per heavy atom. The van der Waals surface area contributed by atoms with E-state index in [1.807, 2.05) is 24.3 Å². The van der Waals surface area contributed by atoms with Gasteiger partial charge in [0.2, 0.25) is 0 Å². The Balaban J connectivity index is 0.00000364. The zero-order chi connectivity index (χ0) is 18.9. The molecule has 6 heteroatoms. The van der Waals surface area contributed by atoms with Crippen LogP contribution in [0.4, 0.5) is 0 Å². The number of aliphatic hydroxyl groups is 2. The quantitative estimate of drug-likeness (QED) is 0.320. The molecule has 0 fully saturated rings. The molecular weight excluding hydrogens is 453 g/mol. The Labute approximate surface area is 197 Å². The van der Waals surface area contributed by atoms with Gasteiger partial charge in [-0.2, -0.15) is 11.8 Å². The minimum Gasteiger partial charge on any atom is -0.504 e. The molecule has 2 rings (SSSR count). The predicted molar refractivity (Wildman–Crippen MR) is 113 cm³/mol. The third-order valence-electron chi connectivity index (χ3n) is 4.65. The normalized spacial score (nSPS) is 17.9. The van der Waals surface area contributed by atoms with Gasteiger partial charge in [-0.1, -0.05) is 50.5 Å². The minimum absolute atomic E-state index is 0. The zero-order valence-corrected chi connectivity index (χ0v) is 20.5. The molecule has 27 heavy (non-hydrogen) atoms. The number of carbonyl (C=O) groups excluding carboxylic acids is 1. The number of hydrogen-bond acceptors (Lipinski definition) is 5. The molecule has 0 bridgehead atoms. The van der Waals surface area contributed by atoms with Gasteiger partial charge in [0.25, 0.3) is 0 Å². The topological polar surface area (TPSA) is 57.5 Å². The number of ketones is 1. The van der Waals surface area contributed by atoms with Crippen LogP contribution in [-0.2, 0) is 37.5 Å². The van der Waals surface area contributed by atoms with Gasteiger partial charge in [-0.3, -0.25) is 11.1 Å². The van der Waals surface area contributed by atoms with Crippen molar-refractivity contribution >= 4 is 34.9 Å². The van der Waals surface area contributed by atoms with Crippen molar-refractivity contribution in [3.63, 3.8) is 0 Å². The molecule has 2 N–H and O–H groups in total. The zero-order valence-electron chi connectivity index (χ0n) is 16.0. The maximum Gasteiger partial charge on any atom is 0.198 e. The SMILES string of the molecule is [CH2-]SCCCS[C@H]1CC(=O)C(O)=C1c1ccc(C(O)CCCCC)cc1.[Y]. The van der Waals surface area contributed by atoms with E-state index in [1.165, 1.54) is 0 Å². The molecule has 1 aromatic carbocycles. The fraction of sp³-hybridized carbons (Fsp3) is 0.524. The fourth-order valence-corrected chi connectivity index (χ4v) is 4.97. The van der Waals surface area contributed by atoms with E-state index in [0.717, 1.165) is 60.3 Å². The standard InChI is InChI=1S/C21H29O3S2.Y/c1-3-4-5-7-17(22)15-8-10-16(11-9-15)20-19(14-18(23)21(20)24)26-13-6-12-25-2;/h8-11,17,19,22,24H,2-7,12-14H2,1H3;/q-1;/t17?,19-;/m0./s1. The van der Waals surface area contributed by atoms with Crippen LogP contribution in [0, 0.1) is 6.26 Å². The molecule has 0 spiro atoms. The smallest absolute Gasteiger partial charge is 0.198 e. The molecule has 3 nitrogen and oxygen atoms in total. The first-order valence-corrected chi connectivity index (χ1v) is 11.5. The second kappa shape index (κ2) is 13.4. The van der Waals surface area contributed by atoms with Crippen molar-refractivity contribution in [3.8, 4) is 0 Å². The summed E-state index contributed by atoms with van der Waals surface area (Å²) < 4.78 is 0. The summed E-state index contributed by atoms with van der Waals surface area (Å²) in [6, 6.07) is 7.66. The minimum atomic E-state index is -0.450. The fourth-order valence-electron chi connectivity index (χ4n) is 3.16. The third-order valence-corrected chi connectivity index (χ3v) is 6.56. The monoisotopic (exact) mass is 482 g/mol. The number of aliphatic hydroxyl groups excluding tert-OH is 2. The maximum absolute atomic E-state index is 12.0. The summed E-state index contributed by atoms with van der Waals surface area (Å²) in [6.07, 6.45) is 8.78. The van der Waals surface area contributed by atoms with Gasteiger partial charge in [-0.25, -0.2) is 0 Å². The van der Waals surface area contributed by atoms with E-state index in [0.29, 0.717) is 6.42 Å². The maximum atomic E-state index is 12.0. The molecule has 1 aromatic rings. The first-order chi connectivity index (χ1) is 12.6. The predicted octanol–water partition coefficient (Wildman–Crippen LogP) is 5.56. The van der Waals surface area contributed by atoms with Crippen LogP contribution in [0.5, 0.6) is 0 Å². The largest absolute Gasteiger partial charge is 0.504 e. The molecule has 1 aliphatic carbocycles. The Hall–Kier alpha value is 0.194. The van der Waals surface area contributed by atoms with Crippen LogP contribution in [0.1, 0.15) is 62.7 Å². The van der Waals surface area contributed by atoms with E-state index in [-0.39, 0.29) is 49.5 Å². The number of rotatable bonds is 11. The number of unbranched alkanes of at least 4 members (excludes halogenated alkanes) is 2. The summed E-state index contributed by atoms with van der Waals surface area (Å²) in [4.78, 5) is 12.0. The van der Waals surface area contributed by atoms with Gasteiger partial charge in [0.15, 0.2) is 11.5 Å². The summed E-state index contributed by atoms with van der Waals surface area (Å²) in [5.74, 6) is 1.69. The van der Waals surface area contributed by atoms with Crippen molar-refractivity contribution in [2.75, 3.05) is 11.5 Å². The average molecular weight is 483 g/mol. The van der Waals surface area contributed by atoms with Crippen molar-refractivity contribution in [1.29, 1.82) is 0 Å². The van der Waals surface area contributed by atoms with E-state index >= 15 is 0 Å². The Kier molecular flexibility index (Phi) is 12.5. The van der Waals surface area contributed by atoms with Crippen LogP contribution in [0.3, 0.4) is 0 Å². The van der Waals surface area contributed by atoms with Gasteiger partial charge in [-0.15, -0.1) is 0 Å². The summed E-state index contributed by atoms with van der Waals surface area (Å²) in [5.41, 5.74) is 2.52. The summed E-state index contributed by atoms with van der Waals surface area (Å²) in [7, 11) is 0. The average Bonchev–Trinajstić information content (AvgIpc) is 2.93. The van der Waals surface area contributed by atoms with Crippen LogP contribution < -0.4 is 0 Å². The molecular formula is C21H29O3S2Y-. The van der Waals surface area contributed by atoms with Crippen molar-refractivity contribution < 1.29 is 47.7 Å². The molecule has 0 heterocycles. The van der Waals surface area contributed by atoms with E-state index in [4.69, 9.17) is 0 Å². The number of allylic oxidation sites excluding steroid dienone is 1. The van der Waals surface area contributed by atoms with Crippen molar-refractivity contribution in [1.82, 2.24) is 0 Å². The van der Waals surface area contributed by atoms with Crippen LogP contribution in [-0.4, -0.2) is 32.8 Å². The van der Waals surface area contributed by atoms with Crippen LogP contribution in [0.25, 0.3) is 5.57 Å². The molecule has 2 atom stereocenters. The van der Waals surface area contributed by atoms with E-state index in [2.05, 4.69) is 13.2 Å². The molecule has 0 aliphatic heterocycles. The van der Waals surface area contributed by atoms with Crippen molar-refractivity contribution in [3.05, 3.63) is 47.4 Å². The number of thioether (sulfide) groups is 2. The van der Waals surface area contributed by atoms with Gasteiger partial charge < -0.3 is 22.0 Å². The van der Waals surface area contributed by atoms with E-state index in [1.54, 1.807) is 23.5 Å². The molecule has 1 radical (unpaired) electrons. The number of Topliss-reactive ketones (excluding diaryl/α,β-unsaturated/α-hetero) is 1. The van der Waals surface area contributed by atoms with Crippen LogP contribution >= 0.6 is 23.5 Å². The Morgan fingerprint density at radius 1 is 1.19 bits per heavy atom. The second-order valence-electron chi connectivity index (χ2n) is 6.64. The first-order valence-electron chi connectivity index (χ1n) is 9.31. The number of carbonyl (C=O) groups is 1. The molecule has 0 saturated carbocycles. The van der Waals surface area contributed by atoms with E-state index in [9.17, 15) is 15.0 Å². The van der Waals surface area contributed by atoms with Crippen LogP contribution in [0.2, 0.25) is 0 Å². The number of hydrogen-bond donors (Lipinski definition) is 2. The van der Waals surface area contributed by atoms with Gasteiger partial charge in [0.1, 0.15) is 0 Å². The molecule has 0 amide bonds. The van der Waals surface area contributed by atoms with Crippen molar-refractivity contribution in [2.45, 2.75) is 56.8 Å². The second-order valence-corrected chi connectivity index (χ2v) is 8.77. The molecule has 1 aliphatic rings. The molecule has 1 unspecified atom stereocenters. The molecule has 147 valence electrons. The summed E-state index contributed by atoms with van der Waals surface area (Å²) >= 11 is 3.31. The Bertz CT molecular complexity index is 616. The van der Waals surface area contributed by atoms with Gasteiger partial charge in [0, 0.05) is 50.0 Å². The molecule has 0 saturated heterocycles. The Morgan fingerprint density at radius 2 is 1.89 bits per heavy atom. The van der Waals surface area contributed by atoms with Crippen molar-refractivity contribution in [2.24, 2.45) is 0 Å². The van der Waals surface area contributed by atoms with Crippen LogP contribution in [0.15, 0.2) is 30.0 Å². The summed E-state index contributed by atoms with van der Waals surface area (Å²) in [6.45, 7) is 2.15. The van der Waals surface area contributed by atoms with Gasteiger partial charge in [-0.05, 0) is 35.5 Å². The number of benzene rings is 1. The summed E-state index contributed by atoms with van der Waals surface area (Å²) in [5, 5.41) is 20.6.